The van der Waals surface area contributed by atoms with Crippen LogP contribution in [0.5, 0.6) is 0 Å². The molecule has 118 valence electrons. The predicted molar refractivity (Wildman–Crippen MR) is 76.0 cm³/mol. The van der Waals surface area contributed by atoms with E-state index in [0.717, 1.165) is 0 Å². The van der Waals surface area contributed by atoms with E-state index in [1.54, 1.807) is 10.9 Å². The van der Waals surface area contributed by atoms with Gasteiger partial charge in [0.15, 0.2) is 0 Å². The lowest BCUT2D eigenvalue weighted by atomic mass is 10.4. The third kappa shape index (κ3) is 4.38. The van der Waals surface area contributed by atoms with E-state index in [9.17, 15) is 14.9 Å². The minimum atomic E-state index is -0.580. The summed E-state index contributed by atoms with van der Waals surface area (Å²) in [7, 11) is 0. The maximum Gasteiger partial charge on any atom is 0.389 e. The number of carbonyl (C=O) groups is 1. The average Bonchev–Trinajstić information content (AvgIpc) is 3.12. The molecular weight excluding hydrogens is 292 g/mol. The highest BCUT2D eigenvalue weighted by Gasteiger charge is 2.12. The van der Waals surface area contributed by atoms with Crippen LogP contribution in [0.15, 0.2) is 24.7 Å². The van der Waals surface area contributed by atoms with Gasteiger partial charge in [-0.1, -0.05) is 0 Å². The van der Waals surface area contributed by atoms with Gasteiger partial charge < -0.3 is 20.2 Å². The number of hydrogen-bond acceptors (Lipinski definition) is 6. The predicted octanol–water partition coefficient (Wildman–Crippen LogP) is 1.01. The second-order valence-corrected chi connectivity index (χ2v) is 4.38. The van der Waals surface area contributed by atoms with Gasteiger partial charge in [0.1, 0.15) is 6.73 Å². The van der Waals surface area contributed by atoms with Gasteiger partial charge in [-0.05, 0) is 11.8 Å². The molecule has 2 aromatic heterocycles. The highest BCUT2D eigenvalue weighted by Crippen LogP contribution is 2.08. The van der Waals surface area contributed by atoms with Crippen LogP contribution in [0.4, 0.5) is 11.5 Å². The van der Waals surface area contributed by atoms with Crippen LogP contribution in [0.25, 0.3) is 0 Å². The lowest BCUT2D eigenvalue weighted by molar-refractivity contribution is -0.389. The maximum absolute atomic E-state index is 11.8. The van der Waals surface area contributed by atoms with Crippen molar-refractivity contribution in [2.24, 2.45) is 0 Å². The first-order valence-corrected chi connectivity index (χ1v) is 6.66. The Kier molecular flexibility index (Phi) is 5.20. The minimum absolute atomic E-state index is 0.148. The Bertz CT molecular complexity index is 650. The van der Waals surface area contributed by atoms with E-state index in [4.69, 9.17) is 4.74 Å². The molecule has 0 unspecified atom stereocenters. The molecule has 10 nitrogen and oxygen atoms in total. The van der Waals surface area contributed by atoms with E-state index < -0.39 is 4.92 Å². The zero-order chi connectivity index (χ0) is 15.9. The summed E-state index contributed by atoms with van der Waals surface area (Å²) in [6, 6.07) is 1.29. The molecule has 22 heavy (non-hydrogen) atoms. The molecule has 0 aliphatic carbocycles. The summed E-state index contributed by atoms with van der Waals surface area (Å²) in [5.74, 6) is -0.466. The zero-order valence-electron chi connectivity index (χ0n) is 12.0. The van der Waals surface area contributed by atoms with Gasteiger partial charge in [0.2, 0.25) is 5.91 Å². The van der Waals surface area contributed by atoms with Gasteiger partial charge in [-0.2, -0.15) is 9.78 Å². The molecule has 0 aliphatic heterocycles. The van der Waals surface area contributed by atoms with Gasteiger partial charge >= 0.3 is 5.82 Å². The van der Waals surface area contributed by atoms with E-state index in [2.05, 4.69) is 15.5 Å². The van der Waals surface area contributed by atoms with E-state index in [-0.39, 0.29) is 24.7 Å². The van der Waals surface area contributed by atoms with Gasteiger partial charge in [0, 0.05) is 13.0 Å². The molecule has 0 aliphatic rings. The van der Waals surface area contributed by atoms with Crippen LogP contribution < -0.4 is 5.32 Å². The van der Waals surface area contributed by atoms with Crippen LogP contribution in [-0.4, -0.2) is 37.0 Å². The van der Waals surface area contributed by atoms with Crippen molar-refractivity contribution in [3.05, 3.63) is 34.8 Å². The number of nitrogens with zero attached hydrogens (tertiary/aromatic N) is 5. The summed E-state index contributed by atoms with van der Waals surface area (Å²) < 4.78 is 8.11. The highest BCUT2D eigenvalue weighted by molar-refractivity contribution is 5.90. The molecule has 1 amide bonds. The molecule has 0 bridgehead atoms. The topological polar surface area (TPSA) is 117 Å². The van der Waals surface area contributed by atoms with Gasteiger partial charge in [-0.25, -0.2) is 4.68 Å². The first-order chi connectivity index (χ1) is 10.6. The van der Waals surface area contributed by atoms with Crippen LogP contribution in [0, 0.1) is 10.1 Å². The van der Waals surface area contributed by atoms with Crippen LogP contribution in [0.2, 0.25) is 0 Å². The average molecular weight is 308 g/mol. The standard InChI is InChI=1S/C12H16N6O4/c1-2-22-9-17-8-10(7-13-17)14-12(19)4-6-16-5-3-11(15-16)18(20)21/h3,5,7-8H,2,4,6,9H2,1H3,(H,14,19). The van der Waals surface area contributed by atoms with Gasteiger partial charge in [-0.15, -0.1) is 0 Å². The smallest absolute Gasteiger partial charge is 0.360 e. The molecule has 2 aromatic rings. The number of nitrogens with one attached hydrogen (secondary N) is 1. The summed E-state index contributed by atoms with van der Waals surface area (Å²) in [6.07, 6.45) is 4.79. The van der Waals surface area contributed by atoms with Crippen LogP contribution in [-0.2, 0) is 22.8 Å². The largest absolute Gasteiger partial charge is 0.389 e. The third-order valence-electron chi connectivity index (χ3n) is 2.73. The van der Waals surface area contributed by atoms with Crippen molar-refractivity contribution < 1.29 is 14.5 Å². The maximum atomic E-state index is 11.8. The van der Waals surface area contributed by atoms with E-state index in [0.29, 0.717) is 19.0 Å². The van der Waals surface area contributed by atoms with E-state index in [1.165, 1.54) is 23.1 Å². The Morgan fingerprint density at radius 2 is 2.32 bits per heavy atom. The summed E-state index contributed by atoms with van der Waals surface area (Å²) in [5.41, 5.74) is 0.566. The van der Waals surface area contributed by atoms with Crippen LogP contribution in [0.3, 0.4) is 0 Å². The second kappa shape index (κ2) is 7.31. The molecule has 0 atom stereocenters. The molecule has 0 radical (unpaired) electrons. The molecule has 2 heterocycles. The highest BCUT2D eigenvalue weighted by atomic mass is 16.6. The number of amides is 1. The van der Waals surface area contributed by atoms with E-state index in [1.807, 2.05) is 6.92 Å². The number of nitro groups is 1. The summed E-state index contributed by atoms with van der Waals surface area (Å²) >= 11 is 0. The monoisotopic (exact) mass is 308 g/mol. The Balaban J connectivity index is 1.79. The molecule has 10 heteroatoms. The molecule has 1 N–H and O–H groups in total. The van der Waals surface area contributed by atoms with Gasteiger partial charge in [0.05, 0.1) is 42.0 Å². The third-order valence-corrected chi connectivity index (χ3v) is 2.73. The molecule has 0 spiro atoms. The fourth-order valence-corrected chi connectivity index (χ4v) is 1.70. The quantitative estimate of drug-likeness (QED) is 0.574. The molecule has 0 saturated carbocycles. The van der Waals surface area contributed by atoms with Crippen molar-refractivity contribution in [1.29, 1.82) is 0 Å². The van der Waals surface area contributed by atoms with Crippen molar-refractivity contribution in [1.82, 2.24) is 19.6 Å². The number of hydrogen-bond donors (Lipinski definition) is 1. The van der Waals surface area contributed by atoms with Crippen molar-refractivity contribution in [2.75, 3.05) is 11.9 Å². The molecular formula is C12H16N6O4. The molecule has 2 rings (SSSR count). The second-order valence-electron chi connectivity index (χ2n) is 4.38. The van der Waals surface area contributed by atoms with Crippen molar-refractivity contribution in [3.63, 3.8) is 0 Å². The fraction of sp³-hybridized carbons (Fsp3) is 0.417. The Labute approximate surface area is 125 Å². The Hall–Kier alpha value is -2.75. The number of ether oxygens (including phenoxy) is 1. The lowest BCUT2D eigenvalue weighted by Gasteiger charge is -2.01. The number of rotatable bonds is 8. The number of anilines is 1. The summed E-state index contributed by atoms with van der Waals surface area (Å²) in [6.45, 7) is 3.04. The molecule has 0 fully saturated rings. The first-order valence-electron chi connectivity index (χ1n) is 6.66. The number of aryl methyl sites for hydroxylation is 1. The van der Waals surface area contributed by atoms with Gasteiger partial charge in [0.25, 0.3) is 0 Å². The number of carbonyl (C=O) groups excluding carboxylic acids is 1. The molecule has 0 aromatic carbocycles. The minimum Gasteiger partial charge on any atom is -0.360 e. The fourth-order valence-electron chi connectivity index (χ4n) is 1.70. The zero-order valence-corrected chi connectivity index (χ0v) is 12.0. The Morgan fingerprint density at radius 1 is 1.50 bits per heavy atom. The lowest BCUT2D eigenvalue weighted by Crippen LogP contribution is -2.14. The van der Waals surface area contributed by atoms with Crippen LogP contribution >= 0.6 is 0 Å². The first kappa shape index (κ1) is 15.6. The van der Waals surface area contributed by atoms with Crippen LogP contribution in [0.1, 0.15) is 13.3 Å². The van der Waals surface area contributed by atoms with Crippen molar-refractivity contribution in [2.45, 2.75) is 26.6 Å². The summed E-state index contributed by atoms with van der Waals surface area (Å²) in [4.78, 5) is 21.7. The molecule has 0 saturated heterocycles. The van der Waals surface area contributed by atoms with Gasteiger partial charge in [-0.3, -0.25) is 4.79 Å². The SMILES string of the molecule is CCOCn1cc(NC(=O)CCn2ccc([N+](=O)[O-])n2)cn1. The van der Waals surface area contributed by atoms with Crippen molar-refractivity contribution >= 4 is 17.4 Å². The normalized spacial score (nSPS) is 10.6. The Morgan fingerprint density at radius 3 is 3.00 bits per heavy atom. The van der Waals surface area contributed by atoms with E-state index >= 15 is 0 Å². The number of aromatic nitrogens is 4. The van der Waals surface area contributed by atoms with Crippen molar-refractivity contribution in [3.8, 4) is 0 Å². The summed E-state index contributed by atoms with van der Waals surface area (Å²) in [5, 5.41) is 21.0.